The number of rotatable bonds is 8. The van der Waals surface area contributed by atoms with Crippen molar-refractivity contribution < 1.29 is 35.0 Å². The lowest BCUT2D eigenvalue weighted by Crippen LogP contribution is -2.13. The molecule has 0 spiro atoms. The Kier molecular flexibility index (Phi) is 6.53. The third-order valence-electron chi connectivity index (χ3n) is 3.97. The van der Waals surface area contributed by atoms with Crippen LogP contribution in [0.15, 0.2) is 76.5 Å². The molecule has 0 saturated heterocycles. The molecule has 0 unspecified atom stereocenters. The van der Waals surface area contributed by atoms with E-state index in [-0.39, 0.29) is 0 Å². The summed E-state index contributed by atoms with van der Waals surface area (Å²) in [7, 11) is -9.32. The van der Waals surface area contributed by atoms with Gasteiger partial charge in [-0.05, 0) is 24.3 Å². The lowest BCUT2D eigenvalue weighted by atomic mass is 10.3. The van der Waals surface area contributed by atoms with E-state index in [1.807, 2.05) is 0 Å². The maximum atomic E-state index is 12.5. The van der Waals surface area contributed by atoms with E-state index in [1.165, 1.54) is 24.3 Å². The monoisotopic (exact) mass is 514 g/mol. The number of halogens is 1. The molecular weight excluding hydrogens is 504 g/mol. The summed E-state index contributed by atoms with van der Waals surface area (Å²) in [4.78, 5) is 19.0. The van der Waals surface area contributed by atoms with Crippen LogP contribution in [-0.4, -0.2) is 26.7 Å². The number of benzene rings is 3. The second-order valence-electron chi connectivity index (χ2n) is 6.12. The Bertz CT molecular complexity index is 1470. The zero-order valence-corrected chi connectivity index (χ0v) is 18.4. The number of nitro benzene ring substituents is 2. The maximum absolute atomic E-state index is 12.5. The van der Waals surface area contributed by atoms with E-state index in [4.69, 9.17) is 20.0 Å². The molecule has 15 heteroatoms. The quantitative estimate of drug-likeness (QED) is 0.245. The van der Waals surface area contributed by atoms with Gasteiger partial charge < -0.3 is 8.37 Å². The summed E-state index contributed by atoms with van der Waals surface area (Å²) in [6.45, 7) is 0. The molecule has 0 amide bonds. The zero-order valence-electron chi connectivity index (χ0n) is 16.0. The van der Waals surface area contributed by atoms with E-state index >= 15 is 0 Å². The van der Waals surface area contributed by atoms with Crippen molar-refractivity contribution in [3.05, 3.63) is 92.0 Å². The number of hydrogen-bond acceptors (Lipinski definition) is 10. The molecule has 0 heterocycles. The SMILES string of the molecule is O=[N+]([O-])c1ccccc1S(=O)(=O)Oc1ccc(OS(=O)(=O)c2ccccc2[N+](=O)[O-])c(Cl)c1. The molecule has 33 heavy (non-hydrogen) atoms. The van der Waals surface area contributed by atoms with Crippen molar-refractivity contribution in [1.82, 2.24) is 0 Å². The molecule has 0 radical (unpaired) electrons. The second-order valence-corrected chi connectivity index (χ2v) is 9.55. The fraction of sp³-hybridized carbons (Fsp3) is 0. The minimum Gasteiger partial charge on any atom is -0.379 e. The van der Waals surface area contributed by atoms with Crippen LogP contribution in [0.4, 0.5) is 11.4 Å². The lowest BCUT2D eigenvalue weighted by molar-refractivity contribution is -0.388. The highest BCUT2D eigenvalue weighted by Crippen LogP contribution is 2.34. The van der Waals surface area contributed by atoms with Gasteiger partial charge in [0.15, 0.2) is 15.5 Å². The van der Waals surface area contributed by atoms with Crippen molar-refractivity contribution in [2.45, 2.75) is 9.79 Å². The second kappa shape index (κ2) is 9.01. The molecule has 0 aromatic heterocycles. The molecule has 0 bridgehead atoms. The molecule has 0 aliphatic rings. The predicted octanol–water partition coefficient (Wildman–Crippen LogP) is 3.69. The molecule has 0 atom stereocenters. The van der Waals surface area contributed by atoms with Gasteiger partial charge in [0.1, 0.15) is 5.75 Å². The van der Waals surface area contributed by atoms with Crippen molar-refractivity contribution in [3.8, 4) is 11.5 Å². The highest BCUT2D eigenvalue weighted by molar-refractivity contribution is 7.87. The number of nitrogens with zero attached hydrogens (tertiary/aromatic N) is 2. The minimum atomic E-state index is -4.68. The number of nitro groups is 2. The summed E-state index contributed by atoms with van der Waals surface area (Å²) in [6, 6.07) is 11.8. The number of para-hydroxylation sites is 2. The van der Waals surface area contributed by atoms with Gasteiger partial charge in [0.2, 0.25) is 0 Å². The Morgan fingerprint density at radius 3 is 1.61 bits per heavy atom. The predicted molar refractivity (Wildman–Crippen MR) is 113 cm³/mol. The van der Waals surface area contributed by atoms with Crippen LogP contribution in [0.25, 0.3) is 0 Å². The van der Waals surface area contributed by atoms with Gasteiger partial charge in [-0.1, -0.05) is 35.9 Å². The van der Waals surface area contributed by atoms with Crippen LogP contribution < -0.4 is 8.37 Å². The minimum absolute atomic E-state index is 0.395. The third kappa shape index (κ3) is 5.19. The van der Waals surface area contributed by atoms with Crippen LogP contribution in [-0.2, 0) is 20.2 Å². The largest absolute Gasteiger partial charge is 0.379 e. The smallest absolute Gasteiger partial charge is 0.346 e. The first-order chi connectivity index (χ1) is 15.4. The maximum Gasteiger partial charge on any atom is 0.346 e. The van der Waals surface area contributed by atoms with Crippen molar-refractivity contribution in [2.75, 3.05) is 0 Å². The summed E-state index contributed by atoms with van der Waals surface area (Å²) in [5, 5.41) is 21.8. The van der Waals surface area contributed by atoms with Crippen LogP contribution in [0.1, 0.15) is 0 Å². The van der Waals surface area contributed by atoms with Gasteiger partial charge in [0, 0.05) is 18.2 Å². The van der Waals surface area contributed by atoms with Crippen LogP contribution in [0.3, 0.4) is 0 Å². The van der Waals surface area contributed by atoms with Crippen molar-refractivity contribution in [2.24, 2.45) is 0 Å². The zero-order chi connectivity index (χ0) is 24.4. The van der Waals surface area contributed by atoms with E-state index in [2.05, 4.69) is 0 Å². The van der Waals surface area contributed by atoms with Gasteiger partial charge in [-0.2, -0.15) is 16.8 Å². The van der Waals surface area contributed by atoms with Crippen molar-refractivity contribution >= 4 is 43.2 Å². The molecule has 172 valence electrons. The first-order valence-corrected chi connectivity index (χ1v) is 11.8. The summed E-state index contributed by atoms with van der Waals surface area (Å²) >= 11 is 5.98. The van der Waals surface area contributed by atoms with Crippen LogP contribution in [0.2, 0.25) is 5.02 Å². The normalized spacial score (nSPS) is 11.5. The first kappa shape index (κ1) is 23.9. The standard InChI is InChI=1S/C18H11ClN2O10S2/c19-13-11-12(30-32(26,27)17-7-3-1-5-14(17)20(22)23)9-10-16(13)31-33(28,29)18-8-4-2-6-15(18)21(24)25/h1-11H. The molecule has 0 aliphatic heterocycles. The molecule has 3 aromatic carbocycles. The number of hydrogen-bond donors (Lipinski definition) is 0. The fourth-order valence-electron chi connectivity index (χ4n) is 2.57. The average Bonchev–Trinajstić information content (AvgIpc) is 2.75. The third-order valence-corrected chi connectivity index (χ3v) is 6.85. The summed E-state index contributed by atoms with van der Waals surface area (Å²) in [5.74, 6) is -0.862. The van der Waals surface area contributed by atoms with Gasteiger partial charge in [0.05, 0.1) is 14.9 Å². The van der Waals surface area contributed by atoms with Crippen molar-refractivity contribution in [3.63, 3.8) is 0 Å². The van der Waals surface area contributed by atoms with Gasteiger partial charge in [-0.3, -0.25) is 20.2 Å². The van der Waals surface area contributed by atoms with Gasteiger partial charge in [0.25, 0.3) is 11.4 Å². The van der Waals surface area contributed by atoms with Gasteiger partial charge in [-0.15, -0.1) is 0 Å². The fourth-order valence-corrected chi connectivity index (χ4v) is 5.04. The highest BCUT2D eigenvalue weighted by atomic mass is 35.5. The molecule has 0 saturated carbocycles. The first-order valence-electron chi connectivity index (χ1n) is 8.58. The van der Waals surface area contributed by atoms with E-state index in [0.717, 1.165) is 42.5 Å². The van der Waals surface area contributed by atoms with E-state index < -0.39 is 67.8 Å². The molecule has 12 nitrogen and oxygen atoms in total. The van der Waals surface area contributed by atoms with Crippen molar-refractivity contribution in [1.29, 1.82) is 0 Å². The average molecular weight is 515 g/mol. The van der Waals surface area contributed by atoms with E-state index in [0.29, 0.717) is 0 Å². The molecular formula is C18H11ClN2O10S2. The summed E-state index contributed by atoms with van der Waals surface area (Å²) in [5.41, 5.74) is -1.43. The summed E-state index contributed by atoms with van der Waals surface area (Å²) < 4.78 is 59.7. The Hall–Kier alpha value is -3.75. The van der Waals surface area contributed by atoms with Crippen LogP contribution in [0, 0.1) is 20.2 Å². The van der Waals surface area contributed by atoms with Gasteiger partial charge in [-0.25, -0.2) is 0 Å². The molecule has 0 N–H and O–H groups in total. The Balaban J connectivity index is 1.90. The summed E-state index contributed by atoms with van der Waals surface area (Å²) in [6.07, 6.45) is 0. The Labute approximate surface area is 191 Å². The van der Waals surface area contributed by atoms with E-state index in [9.17, 15) is 37.1 Å². The van der Waals surface area contributed by atoms with Crippen LogP contribution in [0.5, 0.6) is 11.5 Å². The Morgan fingerprint density at radius 2 is 1.15 bits per heavy atom. The van der Waals surface area contributed by atoms with Gasteiger partial charge >= 0.3 is 20.2 Å². The Morgan fingerprint density at radius 1 is 0.697 bits per heavy atom. The van der Waals surface area contributed by atoms with E-state index in [1.54, 1.807) is 0 Å². The molecule has 3 aromatic rings. The topological polar surface area (TPSA) is 173 Å². The lowest BCUT2D eigenvalue weighted by Gasteiger charge is -2.11. The van der Waals surface area contributed by atoms with Crippen LogP contribution >= 0.6 is 11.6 Å². The molecule has 3 rings (SSSR count). The molecule has 0 fully saturated rings. The molecule has 0 aliphatic carbocycles. The highest BCUT2D eigenvalue weighted by Gasteiger charge is 2.29.